The fraction of sp³-hybridized carbons (Fsp3) is 0.750. The number of rotatable bonds is 4. The molecule has 0 bridgehead atoms. The third-order valence-corrected chi connectivity index (χ3v) is 1.70. The maximum Gasteiger partial charge on any atom is 0.223 e. The summed E-state index contributed by atoms with van der Waals surface area (Å²) in [5.74, 6) is 0.0694. The summed E-state index contributed by atoms with van der Waals surface area (Å²) in [5, 5.41) is 10.7. The van der Waals surface area contributed by atoms with E-state index in [1.54, 1.807) is 0 Å². The van der Waals surface area contributed by atoms with Crippen molar-refractivity contribution >= 4 is 5.91 Å². The van der Waals surface area contributed by atoms with Crippen molar-refractivity contribution in [1.82, 2.24) is 5.32 Å². The number of nitrogens with zero attached hydrogens (tertiary/aromatic N) is 1. The Morgan fingerprint density at radius 3 is 2.45 bits per heavy atom. The molecule has 0 atom stereocenters. The molecule has 11 heavy (non-hydrogen) atoms. The molecule has 1 amide bonds. The molecule has 0 unspecified atom stereocenters. The van der Waals surface area contributed by atoms with Gasteiger partial charge in [0.2, 0.25) is 5.91 Å². The van der Waals surface area contributed by atoms with Crippen LogP contribution in [0.2, 0.25) is 0 Å². The predicted octanol–water partition coefficient (Wildman–Crippen LogP) is 1.06. The van der Waals surface area contributed by atoms with Crippen molar-refractivity contribution < 1.29 is 4.79 Å². The number of hydrogen-bond donors (Lipinski definition) is 1. The van der Waals surface area contributed by atoms with Crippen LogP contribution in [0.1, 0.15) is 26.7 Å². The Bertz CT molecular complexity index is 156. The number of carbonyl (C=O) groups excluding carboxylic acids is 1. The van der Waals surface area contributed by atoms with Crippen molar-refractivity contribution in [3.8, 4) is 6.07 Å². The van der Waals surface area contributed by atoms with Crippen molar-refractivity contribution in [3.63, 3.8) is 0 Å². The lowest BCUT2D eigenvalue weighted by molar-refractivity contribution is -0.124. The summed E-state index contributed by atoms with van der Waals surface area (Å²) in [6.45, 7) is 4.07. The van der Waals surface area contributed by atoms with Crippen LogP contribution in [0.3, 0.4) is 0 Å². The van der Waals surface area contributed by atoms with Gasteiger partial charge in [-0.2, -0.15) is 5.26 Å². The molecule has 0 aromatic carbocycles. The van der Waals surface area contributed by atoms with E-state index in [0.29, 0.717) is 0 Å². The van der Waals surface area contributed by atoms with E-state index in [1.165, 1.54) is 0 Å². The minimum Gasteiger partial charge on any atom is -0.343 e. The third-order valence-electron chi connectivity index (χ3n) is 1.70. The lowest BCUT2D eigenvalue weighted by Crippen LogP contribution is -2.30. The average Bonchev–Trinajstić information content (AvgIpc) is 2.03. The SMILES string of the molecule is CCC(CC)C(=O)NCC#N. The summed E-state index contributed by atoms with van der Waals surface area (Å²) in [4.78, 5) is 11.1. The molecular weight excluding hydrogens is 140 g/mol. The summed E-state index contributed by atoms with van der Waals surface area (Å²) in [5.41, 5.74) is 0. The summed E-state index contributed by atoms with van der Waals surface area (Å²) in [7, 11) is 0. The molecule has 0 aromatic heterocycles. The van der Waals surface area contributed by atoms with E-state index in [9.17, 15) is 4.79 Å². The highest BCUT2D eigenvalue weighted by atomic mass is 16.1. The zero-order valence-corrected chi connectivity index (χ0v) is 7.05. The van der Waals surface area contributed by atoms with Gasteiger partial charge in [0, 0.05) is 5.92 Å². The molecule has 62 valence electrons. The average molecular weight is 154 g/mol. The fourth-order valence-electron chi connectivity index (χ4n) is 0.930. The first-order valence-electron chi connectivity index (χ1n) is 3.90. The van der Waals surface area contributed by atoms with Gasteiger partial charge in [-0.15, -0.1) is 0 Å². The molecule has 3 nitrogen and oxygen atoms in total. The molecular formula is C8H14N2O. The highest BCUT2D eigenvalue weighted by Gasteiger charge is 2.12. The molecule has 0 aromatic rings. The van der Waals surface area contributed by atoms with Crippen molar-refractivity contribution in [1.29, 1.82) is 5.26 Å². The molecule has 0 aliphatic carbocycles. The molecule has 0 heterocycles. The summed E-state index contributed by atoms with van der Waals surface area (Å²) < 4.78 is 0. The van der Waals surface area contributed by atoms with Crippen LogP contribution in [-0.2, 0) is 4.79 Å². The quantitative estimate of drug-likeness (QED) is 0.615. The second kappa shape index (κ2) is 5.72. The fourth-order valence-corrected chi connectivity index (χ4v) is 0.930. The van der Waals surface area contributed by atoms with E-state index in [-0.39, 0.29) is 18.4 Å². The van der Waals surface area contributed by atoms with Gasteiger partial charge in [0.1, 0.15) is 6.54 Å². The molecule has 0 saturated carbocycles. The van der Waals surface area contributed by atoms with E-state index in [4.69, 9.17) is 5.26 Å². The Balaban J connectivity index is 3.72. The monoisotopic (exact) mass is 154 g/mol. The van der Waals surface area contributed by atoms with Crippen molar-refractivity contribution in [2.45, 2.75) is 26.7 Å². The van der Waals surface area contributed by atoms with Gasteiger partial charge in [0.25, 0.3) is 0 Å². The lowest BCUT2D eigenvalue weighted by Gasteiger charge is -2.09. The van der Waals surface area contributed by atoms with Crippen LogP contribution < -0.4 is 5.32 Å². The molecule has 0 spiro atoms. The number of amides is 1. The zero-order chi connectivity index (χ0) is 8.69. The minimum absolute atomic E-state index is 0.00319. The zero-order valence-electron chi connectivity index (χ0n) is 7.05. The van der Waals surface area contributed by atoms with Crippen molar-refractivity contribution in [3.05, 3.63) is 0 Å². The van der Waals surface area contributed by atoms with Crippen LogP contribution in [-0.4, -0.2) is 12.5 Å². The normalized spacial score (nSPS) is 9.27. The second-order valence-corrected chi connectivity index (χ2v) is 2.39. The Morgan fingerprint density at radius 2 is 2.09 bits per heavy atom. The number of nitrogens with one attached hydrogen (secondary N) is 1. The number of hydrogen-bond acceptors (Lipinski definition) is 2. The number of carbonyl (C=O) groups is 1. The van der Waals surface area contributed by atoms with E-state index in [0.717, 1.165) is 12.8 Å². The second-order valence-electron chi connectivity index (χ2n) is 2.39. The van der Waals surface area contributed by atoms with E-state index >= 15 is 0 Å². The molecule has 3 heteroatoms. The van der Waals surface area contributed by atoms with Gasteiger partial charge in [-0.25, -0.2) is 0 Å². The van der Waals surface area contributed by atoms with Crippen molar-refractivity contribution in [2.75, 3.05) is 6.54 Å². The Hall–Kier alpha value is -1.04. The molecule has 0 aliphatic rings. The smallest absolute Gasteiger partial charge is 0.223 e. The maximum atomic E-state index is 11.1. The first-order chi connectivity index (χ1) is 5.26. The Morgan fingerprint density at radius 1 is 1.55 bits per heavy atom. The van der Waals surface area contributed by atoms with Gasteiger partial charge in [-0.1, -0.05) is 13.8 Å². The van der Waals surface area contributed by atoms with E-state index in [2.05, 4.69) is 5.32 Å². The van der Waals surface area contributed by atoms with E-state index in [1.807, 2.05) is 19.9 Å². The standard InChI is InChI=1S/C8H14N2O/c1-3-7(4-2)8(11)10-6-5-9/h7H,3-4,6H2,1-2H3,(H,10,11). The van der Waals surface area contributed by atoms with Gasteiger partial charge >= 0.3 is 0 Å². The Labute approximate surface area is 67.4 Å². The lowest BCUT2D eigenvalue weighted by atomic mass is 10.0. The molecule has 0 saturated heterocycles. The van der Waals surface area contributed by atoms with Crippen LogP contribution >= 0.6 is 0 Å². The molecule has 0 aliphatic heterocycles. The van der Waals surface area contributed by atoms with Crippen LogP contribution in [0.4, 0.5) is 0 Å². The molecule has 0 rings (SSSR count). The highest BCUT2D eigenvalue weighted by Crippen LogP contribution is 2.06. The Kier molecular flexibility index (Phi) is 5.18. The van der Waals surface area contributed by atoms with Crippen LogP contribution in [0.5, 0.6) is 0 Å². The third kappa shape index (κ3) is 3.61. The van der Waals surface area contributed by atoms with Crippen LogP contribution in [0.15, 0.2) is 0 Å². The van der Waals surface area contributed by atoms with Gasteiger partial charge in [-0.05, 0) is 12.8 Å². The highest BCUT2D eigenvalue weighted by molar-refractivity contribution is 5.78. The van der Waals surface area contributed by atoms with E-state index < -0.39 is 0 Å². The van der Waals surface area contributed by atoms with Crippen LogP contribution in [0.25, 0.3) is 0 Å². The summed E-state index contributed by atoms with van der Waals surface area (Å²) >= 11 is 0. The maximum absolute atomic E-state index is 11.1. The summed E-state index contributed by atoms with van der Waals surface area (Å²) in [6, 6.07) is 1.87. The summed E-state index contributed by atoms with van der Waals surface area (Å²) in [6.07, 6.45) is 1.68. The first-order valence-corrected chi connectivity index (χ1v) is 3.90. The number of nitriles is 1. The van der Waals surface area contributed by atoms with Gasteiger partial charge in [0.05, 0.1) is 6.07 Å². The molecule has 1 N–H and O–H groups in total. The van der Waals surface area contributed by atoms with Gasteiger partial charge < -0.3 is 5.32 Å². The van der Waals surface area contributed by atoms with Crippen molar-refractivity contribution in [2.24, 2.45) is 5.92 Å². The topological polar surface area (TPSA) is 52.9 Å². The molecule has 0 fully saturated rings. The van der Waals surface area contributed by atoms with Gasteiger partial charge in [-0.3, -0.25) is 4.79 Å². The predicted molar refractivity (Wildman–Crippen MR) is 42.7 cm³/mol. The molecule has 0 radical (unpaired) electrons. The largest absolute Gasteiger partial charge is 0.343 e. The van der Waals surface area contributed by atoms with Gasteiger partial charge in [0.15, 0.2) is 0 Å². The van der Waals surface area contributed by atoms with Crippen LogP contribution in [0, 0.1) is 17.2 Å². The minimum atomic E-state index is -0.00319. The first kappa shape index (κ1) is 9.96.